The summed E-state index contributed by atoms with van der Waals surface area (Å²) in [5.74, 6) is 0. The molecule has 124 valence electrons. The molecule has 3 aromatic carbocycles. The molecule has 0 spiro atoms. The van der Waals surface area contributed by atoms with E-state index in [1.807, 2.05) is 0 Å². The van der Waals surface area contributed by atoms with Crippen LogP contribution >= 0.6 is 0 Å². The third-order valence-corrected chi connectivity index (χ3v) is 7.63. The molecule has 5 rings (SSSR count). The molecule has 0 atom stereocenters. The number of anilines is 3. The Morgan fingerprint density at radius 3 is 2.52 bits per heavy atom. The minimum atomic E-state index is 0.378. The van der Waals surface area contributed by atoms with Crippen LogP contribution in [-0.4, -0.2) is 15.0 Å². The monoisotopic (exact) mass is 391 g/mol. The van der Waals surface area contributed by atoms with Crippen LogP contribution in [0, 0.1) is 6.92 Å². The van der Waals surface area contributed by atoms with Gasteiger partial charge in [0.2, 0.25) is 0 Å². The summed E-state index contributed by atoms with van der Waals surface area (Å²) in [5.41, 5.74) is 8.61. The molecule has 1 nitrogen and oxygen atoms in total. The van der Waals surface area contributed by atoms with Crippen LogP contribution < -0.4 is 13.8 Å². The van der Waals surface area contributed by atoms with E-state index in [2.05, 4.69) is 72.5 Å². The number of nitrogens with zero attached hydrogens (tertiary/aromatic N) is 1. The molecule has 0 N–H and O–H groups in total. The quantitative estimate of drug-likeness (QED) is 0.438. The van der Waals surface area contributed by atoms with Gasteiger partial charge in [0, 0.05) is 0 Å². The first-order valence-corrected chi connectivity index (χ1v) is 10.8. The normalized spacial score (nSPS) is 15.3. The molecule has 0 saturated heterocycles. The minimum absolute atomic E-state index is 0.378. The van der Waals surface area contributed by atoms with Gasteiger partial charge in [0.15, 0.2) is 0 Å². The van der Waals surface area contributed by atoms with Gasteiger partial charge < -0.3 is 0 Å². The van der Waals surface area contributed by atoms with E-state index in [-0.39, 0.29) is 0 Å². The van der Waals surface area contributed by atoms with Crippen LogP contribution in [0.1, 0.15) is 29.5 Å². The molecule has 3 aromatic rings. The Labute approximate surface area is 155 Å². The van der Waals surface area contributed by atoms with Crippen LogP contribution in [0.15, 0.2) is 60.7 Å². The summed E-state index contributed by atoms with van der Waals surface area (Å²) in [4.78, 5) is 2.53. The van der Waals surface area contributed by atoms with Gasteiger partial charge in [0.25, 0.3) is 0 Å². The summed E-state index contributed by atoms with van der Waals surface area (Å²) < 4.78 is 2.99. The van der Waals surface area contributed by atoms with E-state index in [1.165, 1.54) is 57.2 Å². The van der Waals surface area contributed by atoms with E-state index < -0.39 is 0 Å². The number of hydrogen-bond donors (Lipinski definition) is 0. The van der Waals surface area contributed by atoms with Gasteiger partial charge in [0.1, 0.15) is 0 Å². The van der Waals surface area contributed by atoms with Crippen LogP contribution in [0.2, 0.25) is 0 Å². The number of rotatable bonds is 1. The summed E-state index contributed by atoms with van der Waals surface area (Å²) in [5, 5.41) is 0. The van der Waals surface area contributed by atoms with E-state index in [4.69, 9.17) is 0 Å². The second-order valence-corrected chi connectivity index (χ2v) is 9.27. The Morgan fingerprint density at radius 2 is 1.56 bits per heavy atom. The van der Waals surface area contributed by atoms with Gasteiger partial charge in [-0.15, -0.1) is 0 Å². The van der Waals surface area contributed by atoms with Crippen molar-refractivity contribution in [3.05, 3.63) is 77.4 Å². The summed E-state index contributed by atoms with van der Waals surface area (Å²) in [6.07, 6.45) is 5.07. The topological polar surface area (TPSA) is 3.24 Å². The Hall–Kier alpha value is -2.02. The van der Waals surface area contributed by atoms with Gasteiger partial charge in [-0.25, -0.2) is 0 Å². The average Bonchev–Trinajstić information content (AvgIpc) is 2.65. The fourth-order valence-corrected chi connectivity index (χ4v) is 6.52. The molecule has 2 aliphatic rings. The molecule has 2 heteroatoms. The van der Waals surface area contributed by atoms with Crippen molar-refractivity contribution in [2.75, 3.05) is 4.90 Å². The summed E-state index contributed by atoms with van der Waals surface area (Å²) in [7, 11) is 0. The van der Waals surface area contributed by atoms with Gasteiger partial charge in [0.05, 0.1) is 0 Å². The number of hydrogen-bond acceptors (Lipinski definition) is 1. The Balaban J connectivity index is 1.77. The molecule has 0 radical (unpaired) electrons. The van der Waals surface area contributed by atoms with E-state index in [9.17, 15) is 0 Å². The van der Waals surface area contributed by atoms with Crippen molar-refractivity contribution in [3.8, 4) is 0 Å². The Bertz CT molecular complexity index is 960. The zero-order valence-corrected chi connectivity index (χ0v) is 16.2. The van der Waals surface area contributed by atoms with Crippen molar-refractivity contribution in [2.45, 2.75) is 32.6 Å². The predicted octanol–water partition coefficient (Wildman–Crippen LogP) is 4.31. The zero-order valence-electron chi connectivity index (χ0n) is 14.5. The van der Waals surface area contributed by atoms with Crippen LogP contribution in [-0.2, 0) is 12.8 Å². The molecule has 0 saturated carbocycles. The summed E-state index contributed by atoms with van der Waals surface area (Å²) in [6, 6.07) is 22.8. The van der Waals surface area contributed by atoms with Crippen molar-refractivity contribution in [1.29, 1.82) is 0 Å². The van der Waals surface area contributed by atoms with Crippen LogP contribution in [0.25, 0.3) is 0 Å². The van der Waals surface area contributed by atoms with Gasteiger partial charge >= 0.3 is 156 Å². The van der Waals surface area contributed by atoms with Crippen molar-refractivity contribution in [1.82, 2.24) is 0 Å². The van der Waals surface area contributed by atoms with E-state index in [0.29, 0.717) is 15.0 Å². The van der Waals surface area contributed by atoms with Gasteiger partial charge in [-0.1, -0.05) is 0 Å². The van der Waals surface area contributed by atoms with Crippen molar-refractivity contribution >= 4 is 40.9 Å². The van der Waals surface area contributed by atoms with Crippen LogP contribution in [0.5, 0.6) is 0 Å². The first-order chi connectivity index (χ1) is 12.3. The van der Waals surface area contributed by atoms with Crippen LogP contribution in [0.4, 0.5) is 17.1 Å². The first kappa shape index (κ1) is 15.3. The Morgan fingerprint density at radius 1 is 0.760 bits per heavy atom. The summed E-state index contributed by atoms with van der Waals surface area (Å²) >= 11 is 0.378. The zero-order chi connectivity index (χ0) is 16.8. The average molecular weight is 390 g/mol. The summed E-state index contributed by atoms with van der Waals surface area (Å²) in [6.45, 7) is 2.20. The molecule has 0 bridgehead atoms. The second kappa shape index (κ2) is 6.05. The number of aryl methyl sites for hydroxylation is 2. The molecule has 0 unspecified atom stereocenters. The maximum atomic E-state index is 2.53. The van der Waals surface area contributed by atoms with Crippen molar-refractivity contribution < 1.29 is 0 Å². The predicted molar refractivity (Wildman–Crippen MR) is 108 cm³/mol. The molecule has 0 aromatic heterocycles. The fraction of sp³-hybridized carbons (Fsp3) is 0.217. The molecular weight excluding hydrogens is 369 g/mol. The Kier molecular flexibility index (Phi) is 3.69. The van der Waals surface area contributed by atoms with E-state index in [0.717, 1.165) is 0 Å². The molecule has 1 aliphatic carbocycles. The molecular formula is C23H21NSe. The molecule has 1 aliphatic heterocycles. The molecule has 0 amide bonds. The third kappa shape index (κ3) is 2.52. The standard InChI is InChI=1S/C23H21NSe/c1-16-13-14-21-23(15-16)25-22-12-5-4-10-20(22)24(21)19-11-6-8-17-7-2-3-9-18(17)19/h4-6,8,10-15H,2-3,7,9H2,1H3. The van der Waals surface area contributed by atoms with E-state index >= 15 is 0 Å². The number of benzene rings is 3. The molecule has 25 heavy (non-hydrogen) atoms. The van der Waals surface area contributed by atoms with Gasteiger partial charge in [-0.2, -0.15) is 0 Å². The van der Waals surface area contributed by atoms with Crippen LogP contribution in [0.3, 0.4) is 0 Å². The number of para-hydroxylation sites is 1. The fourth-order valence-electron chi connectivity index (χ4n) is 4.09. The molecule has 0 fully saturated rings. The van der Waals surface area contributed by atoms with Crippen molar-refractivity contribution in [2.24, 2.45) is 0 Å². The van der Waals surface area contributed by atoms with Gasteiger partial charge in [-0.3, -0.25) is 0 Å². The van der Waals surface area contributed by atoms with E-state index in [1.54, 1.807) is 11.1 Å². The second-order valence-electron chi connectivity index (χ2n) is 7.00. The first-order valence-electron chi connectivity index (χ1n) is 9.10. The third-order valence-electron chi connectivity index (χ3n) is 5.29. The maximum absolute atomic E-state index is 2.53. The number of fused-ring (bicyclic) bond motifs is 3. The SMILES string of the molecule is Cc1ccc2c(c1)[Se]c1ccccc1N2c1cccc2c1CCCC2. The van der Waals surface area contributed by atoms with Gasteiger partial charge in [-0.05, 0) is 0 Å². The molecule has 1 heterocycles. The van der Waals surface area contributed by atoms with Crippen molar-refractivity contribution in [3.63, 3.8) is 0 Å².